The van der Waals surface area contributed by atoms with Crippen molar-refractivity contribution in [1.82, 2.24) is 14.7 Å². The summed E-state index contributed by atoms with van der Waals surface area (Å²) in [6.07, 6.45) is 0. The van der Waals surface area contributed by atoms with Crippen LogP contribution in [0, 0.1) is 5.82 Å². The first-order valence-electron chi connectivity index (χ1n) is 8.46. The van der Waals surface area contributed by atoms with Gasteiger partial charge in [-0.3, -0.25) is 9.59 Å². The number of hydrogen-bond acceptors (Lipinski definition) is 3. The number of aryl methyl sites for hydroxylation is 1. The first-order chi connectivity index (χ1) is 12.4. The van der Waals surface area contributed by atoms with Gasteiger partial charge in [-0.15, -0.1) is 0 Å². The van der Waals surface area contributed by atoms with E-state index in [-0.39, 0.29) is 29.0 Å². The smallest absolute Gasteiger partial charge is 0.275 e. The summed E-state index contributed by atoms with van der Waals surface area (Å²) in [5.41, 5.74) is 0.820. The van der Waals surface area contributed by atoms with Crippen molar-refractivity contribution in [2.24, 2.45) is 7.05 Å². The summed E-state index contributed by atoms with van der Waals surface area (Å²) in [6, 6.07) is 12.8. The number of fused-ring (bicyclic) bond motifs is 1. The minimum absolute atomic E-state index is 0.235. The molecular weight excluding hydrogens is 333 g/mol. The molecule has 0 saturated carbocycles. The zero-order valence-electron chi connectivity index (χ0n) is 14.9. The molecule has 5 nitrogen and oxygen atoms in total. The van der Waals surface area contributed by atoms with Crippen LogP contribution >= 0.6 is 0 Å². The van der Waals surface area contributed by atoms with Crippen LogP contribution in [-0.2, 0) is 7.05 Å². The van der Waals surface area contributed by atoms with E-state index in [4.69, 9.17) is 0 Å². The Hall–Kier alpha value is -3.02. The Kier molecular flexibility index (Phi) is 4.84. The van der Waals surface area contributed by atoms with Crippen LogP contribution in [0.3, 0.4) is 0 Å². The number of amides is 1. The van der Waals surface area contributed by atoms with Gasteiger partial charge in [0.05, 0.1) is 11.4 Å². The lowest BCUT2D eigenvalue weighted by molar-refractivity contribution is 0.0696. The highest BCUT2D eigenvalue weighted by atomic mass is 19.1. The molecule has 0 aliphatic heterocycles. The molecule has 1 atom stereocenters. The minimum atomic E-state index is -0.318. The van der Waals surface area contributed by atoms with Crippen LogP contribution in [0.1, 0.15) is 35.9 Å². The summed E-state index contributed by atoms with van der Waals surface area (Å²) in [6.45, 7) is 4.22. The molecule has 2 aromatic carbocycles. The van der Waals surface area contributed by atoms with Gasteiger partial charge in [0.1, 0.15) is 5.82 Å². The number of halogens is 1. The second-order valence-electron chi connectivity index (χ2n) is 6.14. The standard InChI is InChI=1S/C20H20FN3O2/c1-4-24(13(2)14-9-11-15(21)12-10-14)20(26)18-16-7-5-6-8-17(16)19(25)23(3)22-18/h5-13H,4H2,1-3H3/t13-/m1/s1. The molecule has 1 heterocycles. The average molecular weight is 353 g/mol. The van der Waals surface area contributed by atoms with Gasteiger partial charge in [0, 0.05) is 19.0 Å². The van der Waals surface area contributed by atoms with Crippen LogP contribution in [-0.4, -0.2) is 27.1 Å². The van der Waals surface area contributed by atoms with Gasteiger partial charge >= 0.3 is 0 Å². The third kappa shape index (κ3) is 3.10. The van der Waals surface area contributed by atoms with E-state index in [1.807, 2.05) is 13.8 Å². The maximum atomic E-state index is 13.2. The maximum Gasteiger partial charge on any atom is 0.275 e. The fraction of sp³-hybridized carbons (Fsp3) is 0.250. The van der Waals surface area contributed by atoms with Gasteiger partial charge in [0.2, 0.25) is 0 Å². The van der Waals surface area contributed by atoms with Crippen molar-refractivity contribution in [3.8, 4) is 0 Å². The van der Waals surface area contributed by atoms with Crippen molar-refractivity contribution in [2.45, 2.75) is 19.9 Å². The molecule has 0 saturated heterocycles. The Labute approximate surface area is 150 Å². The second-order valence-corrected chi connectivity index (χ2v) is 6.14. The van der Waals surface area contributed by atoms with Crippen molar-refractivity contribution in [3.63, 3.8) is 0 Å². The quantitative estimate of drug-likeness (QED) is 0.723. The van der Waals surface area contributed by atoms with Crippen LogP contribution < -0.4 is 5.56 Å². The van der Waals surface area contributed by atoms with Gasteiger partial charge in [-0.05, 0) is 37.6 Å². The molecule has 3 aromatic rings. The Bertz CT molecular complexity index is 1010. The third-order valence-electron chi connectivity index (χ3n) is 4.58. The average Bonchev–Trinajstić information content (AvgIpc) is 2.65. The Morgan fingerprint density at radius 3 is 2.38 bits per heavy atom. The number of carbonyl (C=O) groups excluding carboxylic acids is 1. The van der Waals surface area contributed by atoms with Crippen molar-refractivity contribution < 1.29 is 9.18 Å². The van der Waals surface area contributed by atoms with Crippen molar-refractivity contribution in [2.75, 3.05) is 6.54 Å². The van der Waals surface area contributed by atoms with Crippen molar-refractivity contribution in [1.29, 1.82) is 0 Å². The normalized spacial score (nSPS) is 12.2. The van der Waals surface area contributed by atoms with E-state index in [1.165, 1.54) is 23.9 Å². The molecule has 0 N–H and O–H groups in total. The van der Waals surface area contributed by atoms with Crippen LogP contribution in [0.5, 0.6) is 0 Å². The van der Waals surface area contributed by atoms with Gasteiger partial charge in [0.25, 0.3) is 11.5 Å². The number of carbonyl (C=O) groups is 1. The lowest BCUT2D eigenvalue weighted by Gasteiger charge is -2.28. The van der Waals surface area contributed by atoms with Crippen LogP contribution in [0.4, 0.5) is 4.39 Å². The molecule has 0 aliphatic carbocycles. The Balaban J connectivity index is 2.07. The summed E-state index contributed by atoms with van der Waals surface area (Å²) in [5, 5.41) is 5.20. The second kappa shape index (κ2) is 7.07. The highest BCUT2D eigenvalue weighted by molar-refractivity contribution is 6.04. The molecule has 0 fully saturated rings. The molecule has 134 valence electrons. The molecule has 26 heavy (non-hydrogen) atoms. The molecule has 0 unspecified atom stereocenters. The summed E-state index contributed by atoms with van der Waals surface area (Å²) >= 11 is 0. The fourth-order valence-electron chi connectivity index (χ4n) is 3.11. The van der Waals surface area contributed by atoms with E-state index in [0.717, 1.165) is 5.56 Å². The number of hydrogen-bond donors (Lipinski definition) is 0. The molecule has 1 amide bonds. The molecule has 3 rings (SSSR count). The monoisotopic (exact) mass is 353 g/mol. The fourth-order valence-corrected chi connectivity index (χ4v) is 3.11. The van der Waals surface area contributed by atoms with Gasteiger partial charge < -0.3 is 4.90 Å². The summed E-state index contributed by atoms with van der Waals surface area (Å²) in [7, 11) is 1.53. The molecule has 6 heteroatoms. The van der Waals surface area contributed by atoms with E-state index < -0.39 is 0 Å². The summed E-state index contributed by atoms with van der Waals surface area (Å²) in [4.78, 5) is 27.1. The van der Waals surface area contributed by atoms with Gasteiger partial charge in [-0.2, -0.15) is 5.10 Å². The van der Waals surface area contributed by atoms with E-state index in [2.05, 4.69) is 5.10 Å². The zero-order valence-corrected chi connectivity index (χ0v) is 14.9. The van der Waals surface area contributed by atoms with E-state index in [9.17, 15) is 14.0 Å². The topological polar surface area (TPSA) is 55.2 Å². The van der Waals surface area contributed by atoms with Crippen molar-refractivity contribution >= 4 is 16.7 Å². The third-order valence-corrected chi connectivity index (χ3v) is 4.58. The molecule has 0 bridgehead atoms. The minimum Gasteiger partial charge on any atom is -0.331 e. The van der Waals surface area contributed by atoms with E-state index in [1.54, 1.807) is 41.3 Å². The lowest BCUT2D eigenvalue weighted by atomic mass is 10.1. The maximum absolute atomic E-state index is 13.2. The van der Waals surface area contributed by atoms with Gasteiger partial charge in [-0.25, -0.2) is 9.07 Å². The van der Waals surface area contributed by atoms with Gasteiger partial charge in [0.15, 0.2) is 5.69 Å². The van der Waals surface area contributed by atoms with Crippen molar-refractivity contribution in [3.05, 3.63) is 76.0 Å². The Morgan fingerprint density at radius 1 is 1.15 bits per heavy atom. The van der Waals surface area contributed by atoms with E-state index >= 15 is 0 Å². The molecule has 0 spiro atoms. The number of nitrogens with zero attached hydrogens (tertiary/aromatic N) is 3. The number of rotatable bonds is 4. The molecular formula is C20H20FN3O2. The zero-order chi connectivity index (χ0) is 18.8. The highest BCUT2D eigenvalue weighted by Crippen LogP contribution is 2.24. The lowest BCUT2D eigenvalue weighted by Crippen LogP contribution is -2.35. The molecule has 1 aromatic heterocycles. The van der Waals surface area contributed by atoms with Crippen LogP contribution in [0.25, 0.3) is 10.8 Å². The first kappa shape index (κ1) is 17.8. The van der Waals surface area contributed by atoms with Crippen LogP contribution in [0.2, 0.25) is 0 Å². The number of aromatic nitrogens is 2. The number of benzene rings is 2. The summed E-state index contributed by atoms with van der Waals surface area (Å²) < 4.78 is 14.4. The summed E-state index contributed by atoms with van der Waals surface area (Å²) in [5.74, 6) is -0.586. The predicted octanol–water partition coefficient (Wildman–Crippen LogP) is 3.30. The molecule has 0 radical (unpaired) electrons. The van der Waals surface area contributed by atoms with Gasteiger partial charge in [-0.1, -0.05) is 30.3 Å². The highest BCUT2D eigenvalue weighted by Gasteiger charge is 2.25. The largest absolute Gasteiger partial charge is 0.331 e. The first-order valence-corrected chi connectivity index (χ1v) is 8.46. The van der Waals surface area contributed by atoms with E-state index in [0.29, 0.717) is 17.3 Å². The predicted molar refractivity (Wildman–Crippen MR) is 98.5 cm³/mol. The van der Waals surface area contributed by atoms with Crippen LogP contribution in [0.15, 0.2) is 53.3 Å². The Morgan fingerprint density at radius 2 is 1.77 bits per heavy atom. The molecule has 0 aliphatic rings. The SMILES string of the molecule is CCN(C(=O)c1nn(C)c(=O)c2ccccc12)[C@H](C)c1ccc(F)cc1.